The summed E-state index contributed by atoms with van der Waals surface area (Å²) in [4.78, 5) is 14.9. The fourth-order valence-corrected chi connectivity index (χ4v) is 5.03. The highest BCUT2D eigenvalue weighted by Crippen LogP contribution is 2.35. The van der Waals surface area contributed by atoms with Crippen molar-refractivity contribution < 1.29 is 23.8 Å². The molecule has 0 saturated carbocycles. The molecule has 2 fully saturated rings. The van der Waals surface area contributed by atoms with E-state index in [-0.39, 0.29) is 17.8 Å². The molecule has 0 bridgehead atoms. The summed E-state index contributed by atoms with van der Waals surface area (Å²) in [6.45, 7) is 6.38. The molecule has 35 heavy (non-hydrogen) atoms. The lowest BCUT2D eigenvalue weighted by Gasteiger charge is -2.38. The SMILES string of the molecule is CCOc1ccc(CN2CCC(O)(c3ccc4oc(C(=O)NCC5CCCO5)cc4c3)CC2)cc1. The average Bonchev–Trinajstić information content (AvgIpc) is 3.55. The largest absolute Gasteiger partial charge is 0.494 e. The molecule has 7 nitrogen and oxygen atoms in total. The van der Waals surface area contributed by atoms with Crippen LogP contribution < -0.4 is 10.1 Å². The van der Waals surface area contributed by atoms with E-state index in [0.717, 1.165) is 55.8 Å². The van der Waals surface area contributed by atoms with Gasteiger partial charge in [0.1, 0.15) is 11.3 Å². The Kier molecular flexibility index (Phi) is 7.09. The first-order valence-electron chi connectivity index (χ1n) is 12.6. The minimum atomic E-state index is -0.886. The van der Waals surface area contributed by atoms with Gasteiger partial charge in [-0.25, -0.2) is 0 Å². The molecule has 0 radical (unpaired) electrons. The molecule has 2 aromatic carbocycles. The molecule has 0 aliphatic carbocycles. The van der Waals surface area contributed by atoms with E-state index in [1.54, 1.807) is 6.07 Å². The average molecular weight is 479 g/mol. The van der Waals surface area contributed by atoms with E-state index < -0.39 is 5.60 Å². The Balaban J connectivity index is 1.20. The molecule has 3 heterocycles. The minimum Gasteiger partial charge on any atom is -0.494 e. The third-order valence-electron chi connectivity index (χ3n) is 7.12. The highest BCUT2D eigenvalue weighted by Gasteiger charge is 2.34. The summed E-state index contributed by atoms with van der Waals surface area (Å²) in [7, 11) is 0. The first-order chi connectivity index (χ1) is 17.0. The van der Waals surface area contributed by atoms with Crippen LogP contribution >= 0.6 is 0 Å². The van der Waals surface area contributed by atoms with E-state index in [1.165, 1.54) is 5.56 Å². The van der Waals surface area contributed by atoms with Crippen molar-refractivity contribution in [2.75, 3.05) is 32.8 Å². The Hall–Kier alpha value is -2.87. The molecule has 1 atom stereocenters. The molecule has 2 aliphatic rings. The molecule has 3 aromatic rings. The molecule has 1 unspecified atom stereocenters. The number of aliphatic hydroxyl groups is 1. The second-order valence-electron chi connectivity index (χ2n) is 9.59. The topological polar surface area (TPSA) is 84.2 Å². The van der Waals surface area contributed by atoms with E-state index in [0.29, 0.717) is 31.6 Å². The predicted octanol–water partition coefficient (Wildman–Crippen LogP) is 4.22. The predicted molar refractivity (Wildman–Crippen MR) is 134 cm³/mol. The van der Waals surface area contributed by atoms with E-state index in [9.17, 15) is 9.90 Å². The summed E-state index contributed by atoms with van der Waals surface area (Å²) in [5, 5.41) is 15.2. The summed E-state index contributed by atoms with van der Waals surface area (Å²) in [6.07, 6.45) is 3.41. The maximum absolute atomic E-state index is 12.5. The number of piperidine rings is 1. The van der Waals surface area contributed by atoms with E-state index >= 15 is 0 Å². The number of fused-ring (bicyclic) bond motifs is 1. The number of carbonyl (C=O) groups is 1. The fraction of sp³-hybridized carbons (Fsp3) is 0.464. The van der Waals surface area contributed by atoms with Gasteiger partial charge in [0.15, 0.2) is 5.76 Å². The van der Waals surface area contributed by atoms with Crippen molar-refractivity contribution in [2.24, 2.45) is 0 Å². The van der Waals surface area contributed by atoms with Crippen LogP contribution in [0, 0.1) is 0 Å². The standard InChI is InChI=1S/C28H34N2O5/c1-2-33-23-8-5-20(6-9-23)19-30-13-11-28(32,12-14-30)22-7-10-25-21(16-22)17-26(35-25)27(31)29-18-24-4-3-15-34-24/h5-10,16-17,24,32H,2-4,11-15,18-19H2,1H3,(H,29,31). The van der Waals surface area contributed by atoms with Crippen LogP contribution in [0.2, 0.25) is 0 Å². The number of likely N-dealkylation sites (tertiary alicyclic amines) is 1. The molecular formula is C28H34N2O5. The van der Waals surface area contributed by atoms with Crippen LogP contribution in [0.4, 0.5) is 0 Å². The molecule has 2 saturated heterocycles. The molecule has 1 amide bonds. The molecule has 5 rings (SSSR count). The highest BCUT2D eigenvalue weighted by atomic mass is 16.5. The van der Waals surface area contributed by atoms with Gasteiger partial charge < -0.3 is 24.3 Å². The zero-order valence-corrected chi connectivity index (χ0v) is 20.3. The normalized spacial score (nSPS) is 20.2. The summed E-state index contributed by atoms with van der Waals surface area (Å²) in [5.74, 6) is 0.939. The zero-order valence-electron chi connectivity index (χ0n) is 20.3. The summed E-state index contributed by atoms with van der Waals surface area (Å²) >= 11 is 0. The first-order valence-corrected chi connectivity index (χ1v) is 12.6. The van der Waals surface area contributed by atoms with Crippen LogP contribution in [-0.4, -0.2) is 54.9 Å². The van der Waals surface area contributed by atoms with Crippen LogP contribution in [0.15, 0.2) is 52.9 Å². The number of furan rings is 1. The summed E-state index contributed by atoms with van der Waals surface area (Å²) < 4.78 is 16.9. The van der Waals surface area contributed by atoms with Crippen molar-refractivity contribution in [2.45, 2.75) is 50.9 Å². The lowest BCUT2D eigenvalue weighted by Crippen LogP contribution is -2.42. The Morgan fingerprint density at radius 2 is 1.97 bits per heavy atom. The molecule has 0 spiro atoms. The van der Waals surface area contributed by atoms with Crippen LogP contribution in [-0.2, 0) is 16.9 Å². The number of benzene rings is 2. The fourth-order valence-electron chi connectivity index (χ4n) is 5.03. The Labute approximate surface area is 206 Å². The third-order valence-corrected chi connectivity index (χ3v) is 7.12. The van der Waals surface area contributed by atoms with Gasteiger partial charge in [-0.1, -0.05) is 18.2 Å². The van der Waals surface area contributed by atoms with Gasteiger partial charge in [0.05, 0.1) is 18.3 Å². The number of hydrogen-bond acceptors (Lipinski definition) is 6. The van der Waals surface area contributed by atoms with Crippen molar-refractivity contribution >= 4 is 16.9 Å². The van der Waals surface area contributed by atoms with Crippen LogP contribution in [0.1, 0.15) is 54.3 Å². The summed E-state index contributed by atoms with van der Waals surface area (Å²) in [5.41, 5.74) is 1.87. The lowest BCUT2D eigenvalue weighted by atomic mass is 9.84. The van der Waals surface area contributed by atoms with E-state index in [1.807, 2.05) is 37.3 Å². The second kappa shape index (κ2) is 10.4. The lowest BCUT2D eigenvalue weighted by molar-refractivity contribution is -0.0276. The monoisotopic (exact) mass is 478 g/mol. The Morgan fingerprint density at radius 1 is 1.17 bits per heavy atom. The van der Waals surface area contributed by atoms with E-state index in [2.05, 4.69) is 22.3 Å². The number of carbonyl (C=O) groups excluding carboxylic acids is 1. The van der Waals surface area contributed by atoms with Gasteiger partial charge in [-0.15, -0.1) is 0 Å². The van der Waals surface area contributed by atoms with Gasteiger partial charge in [0.25, 0.3) is 5.91 Å². The smallest absolute Gasteiger partial charge is 0.287 e. The maximum atomic E-state index is 12.5. The number of ether oxygens (including phenoxy) is 2. The van der Waals surface area contributed by atoms with Crippen molar-refractivity contribution in [3.8, 4) is 5.75 Å². The number of rotatable bonds is 8. The maximum Gasteiger partial charge on any atom is 0.287 e. The van der Waals surface area contributed by atoms with E-state index in [4.69, 9.17) is 13.9 Å². The number of nitrogens with one attached hydrogen (secondary N) is 1. The summed E-state index contributed by atoms with van der Waals surface area (Å²) in [6, 6.07) is 15.7. The van der Waals surface area contributed by atoms with Crippen LogP contribution in [0.25, 0.3) is 11.0 Å². The number of amides is 1. The molecular weight excluding hydrogens is 444 g/mol. The van der Waals surface area contributed by atoms with Gasteiger partial charge >= 0.3 is 0 Å². The van der Waals surface area contributed by atoms with Crippen LogP contribution in [0.3, 0.4) is 0 Å². The Bertz CT molecular complexity index is 1140. The van der Waals surface area contributed by atoms with Crippen molar-refractivity contribution in [1.29, 1.82) is 0 Å². The molecule has 2 aliphatic heterocycles. The zero-order chi connectivity index (χ0) is 24.3. The quantitative estimate of drug-likeness (QED) is 0.504. The van der Waals surface area contributed by atoms with Gasteiger partial charge in [-0.05, 0) is 74.1 Å². The first kappa shape index (κ1) is 23.9. The molecule has 2 N–H and O–H groups in total. The molecule has 1 aromatic heterocycles. The van der Waals surface area contributed by atoms with Crippen molar-refractivity contribution in [3.63, 3.8) is 0 Å². The van der Waals surface area contributed by atoms with Gasteiger partial charge in [0, 0.05) is 38.2 Å². The second-order valence-corrected chi connectivity index (χ2v) is 9.59. The van der Waals surface area contributed by atoms with Crippen molar-refractivity contribution in [3.05, 3.63) is 65.4 Å². The van der Waals surface area contributed by atoms with Gasteiger partial charge in [0.2, 0.25) is 0 Å². The number of hydrogen-bond donors (Lipinski definition) is 2. The third kappa shape index (κ3) is 5.53. The van der Waals surface area contributed by atoms with Gasteiger partial charge in [-0.3, -0.25) is 9.69 Å². The highest BCUT2D eigenvalue weighted by molar-refractivity contribution is 5.96. The van der Waals surface area contributed by atoms with Gasteiger partial charge in [-0.2, -0.15) is 0 Å². The van der Waals surface area contributed by atoms with Crippen molar-refractivity contribution in [1.82, 2.24) is 10.2 Å². The Morgan fingerprint density at radius 3 is 2.69 bits per heavy atom. The number of nitrogens with zero attached hydrogens (tertiary/aromatic N) is 1. The van der Waals surface area contributed by atoms with Crippen LogP contribution in [0.5, 0.6) is 5.75 Å². The minimum absolute atomic E-state index is 0.0875. The molecule has 186 valence electrons. The molecule has 7 heteroatoms.